The van der Waals surface area contributed by atoms with Crippen molar-refractivity contribution >= 4 is 17.6 Å². The van der Waals surface area contributed by atoms with Gasteiger partial charge in [-0.15, -0.1) is 0 Å². The van der Waals surface area contributed by atoms with E-state index in [1.54, 1.807) is 18.2 Å². The molecule has 1 aromatic carbocycles. The highest BCUT2D eigenvalue weighted by Gasteiger charge is 2.18. The van der Waals surface area contributed by atoms with Crippen molar-refractivity contribution in [3.8, 4) is 5.75 Å². The highest BCUT2D eigenvalue weighted by molar-refractivity contribution is 5.97. The average Bonchev–Trinajstić information content (AvgIpc) is 2.35. The zero-order valence-electron chi connectivity index (χ0n) is 9.49. The van der Waals surface area contributed by atoms with Crippen LogP contribution in [0.4, 0.5) is 5.69 Å². The fourth-order valence-corrected chi connectivity index (χ4v) is 1.48. The topological polar surface area (TPSA) is 64.6 Å². The van der Waals surface area contributed by atoms with Crippen LogP contribution in [0, 0.1) is 0 Å². The average molecular weight is 235 g/mol. The second kappa shape index (κ2) is 4.86. The second-order valence-corrected chi connectivity index (χ2v) is 3.68. The first-order chi connectivity index (χ1) is 8.20. The predicted octanol–water partition coefficient (Wildman–Crippen LogP) is 1.58. The molecular weight excluding hydrogens is 222 g/mol. The minimum absolute atomic E-state index is 0.0273. The Bertz CT molecular complexity index is 456. The van der Waals surface area contributed by atoms with Gasteiger partial charge in [0.05, 0.1) is 17.9 Å². The van der Waals surface area contributed by atoms with Crippen molar-refractivity contribution < 1.29 is 19.1 Å². The lowest BCUT2D eigenvalue weighted by atomic mass is 10.1. The van der Waals surface area contributed by atoms with Crippen LogP contribution in [0.1, 0.15) is 23.7 Å². The van der Waals surface area contributed by atoms with Gasteiger partial charge in [-0.2, -0.15) is 0 Å². The first kappa shape index (κ1) is 11.4. The van der Waals surface area contributed by atoms with Crippen LogP contribution >= 0.6 is 0 Å². The van der Waals surface area contributed by atoms with Crippen LogP contribution in [0.3, 0.4) is 0 Å². The van der Waals surface area contributed by atoms with Crippen molar-refractivity contribution in [3.63, 3.8) is 0 Å². The van der Waals surface area contributed by atoms with Crippen LogP contribution < -0.4 is 10.1 Å². The van der Waals surface area contributed by atoms with Gasteiger partial charge in [0.15, 0.2) is 6.61 Å². The molecule has 0 atom stereocenters. The first-order valence-electron chi connectivity index (χ1n) is 5.44. The lowest BCUT2D eigenvalue weighted by molar-refractivity contribution is -0.118. The van der Waals surface area contributed by atoms with E-state index in [4.69, 9.17) is 9.47 Å². The highest BCUT2D eigenvalue weighted by Crippen LogP contribution is 2.28. The molecule has 2 rings (SSSR count). The predicted molar refractivity (Wildman–Crippen MR) is 61.1 cm³/mol. The van der Waals surface area contributed by atoms with E-state index in [1.807, 2.05) is 6.92 Å². The Morgan fingerprint density at radius 3 is 3.12 bits per heavy atom. The Morgan fingerprint density at radius 2 is 2.35 bits per heavy atom. The highest BCUT2D eigenvalue weighted by atomic mass is 16.5. The zero-order valence-corrected chi connectivity index (χ0v) is 9.49. The summed E-state index contributed by atoms with van der Waals surface area (Å²) < 4.78 is 10.2. The molecule has 1 aromatic rings. The number of ether oxygens (including phenoxy) is 2. The number of rotatable bonds is 3. The molecule has 0 aromatic heterocycles. The Kier molecular flexibility index (Phi) is 3.27. The van der Waals surface area contributed by atoms with Crippen LogP contribution in [-0.2, 0) is 9.53 Å². The molecule has 1 aliphatic rings. The van der Waals surface area contributed by atoms with Crippen molar-refractivity contribution in [1.29, 1.82) is 0 Å². The largest absolute Gasteiger partial charge is 0.482 e. The second-order valence-electron chi connectivity index (χ2n) is 3.68. The number of esters is 1. The third kappa shape index (κ3) is 2.55. The molecule has 0 aliphatic carbocycles. The summed E-state index contributed by atoms with van der Waals surface area (Å²) in [5.41, 5.74) is 1.00. The summed E-state index contributed by atoms with van der Waals surface area (Å²) in [5.74, 6) is -0.0792. The maximum Gasteiger partial charge on any atom is 0.338 e. The monoisotopic (exact) mass is 235 g/mol. The molecule has 0 saturated heterocycles. The minimum Gasteiger partial charge on any atom is -0.482 e. The van der Waals surface area contributed by atoms with Crippen LogP contribution in [0.15, 0.2) is 18.2 Å². The Labute approximate surface area is 98.7 Å². The van der Waals surface area contributed by atoms with E-state index in [0.717, 1.165) is 6.42 Å². The van der Waals surface area contributed by atoms with Crippen LogP contribution in [-0.4, -0.2) is 25.1 Å². The Hall–Kier alpha value is -2.04. The maximum atomic E-state index is 11.6. The smallest absolute Gasteiger partial charge is 0.338 e. The van der Waals surface area contributed by atoms with E-state index >= 15 is 0 Å². The molecule has 1 heterocycles. The van der Waals surface area contributed by atoms with Crippen LogP contribution in [0.2, 0.25) is 0 Å². The van der Waals surface area contributed by atoms with E-state index < -0.39 is 0 Å². The van der Waals surface area contributed by atoms with Gasteiger partial charge >= 0.3 is 5.97 Å². The normalized spacial score (nSPS) is 13.4. The zero-order chi connectivity index (χ0) is 12.3. The molecule has 0 fully saturated rings. The Morgan fingerprint density at radius 1 is 1.53 bits per heavy atom. The van der Waals surface area contributed by atoms with Crippen molar-refractivity contribution in [3.05, 3.63) is 23.8 Å². The fourth-order valence-electron chi connectivity index (χ4n) is 1.48. The number of hydrogen-bond acceptors (Lipinski definition) is 4. The van der Waals surface area contributed by atoms with Crippen molar-refractivity contribution in [2.75, 3.05) is 18.5 Å². The van der Waals surface area contributed by atoms with Crippen LogP contribution in [0.5, 0.6) is 5.75 Å². The molecule has 5 nitrogen and oxygen atoms in total. The number of nitrogens with one attached hydrogen (secondary N) is 1. The summed E-state index contributed by atoms with van der Waals surface area (Å²) >= 11 is 0. The summed E-state index contributed by atoms with van der Waals surface area (Å²) in [5, 5.41) is 2.65. The number of fused-ring (bicyclic) bond motifs is 1. The van der Waals surface area contributed by atoms with Gasteiger partial charge in [0.2, 0.25) is 0 Å². The molecule has 1 N–H and O–H groups in total. The molecule has 90 valence electrons. The lowest BCUT2D eigenvalue weighted by Gasteiger charge is -2.18. The van der Waals surface area contributed by atoms with Gasteiger partial charge in [-0.25, -0.2) is 4.79 Å². The summed E-state index contributed by atoms with van der Waals surface area (Å²) in [6.07, 6.45) is 0.781. The molecule has 1 amide bonds. The van der Waals surface area contributed by atoms with Gasteiger partial charge in [-0.05, 0) is 24.6 Å². The van der Waals surface area contributed by atoms with Gasteiger partial charge in [0.25, 0.3) is 5.91 Å². The third-order valence-corrected chi connectivity index (χ3v) is 2.29. The van der Waals surface area contributed by atoms with Gasteiger partial charge in [0, 0.05) is 0 Å². The summed E-state index contributed by atoms with van der Waals surface area (Å²) in [6, 6.07) is 4.81. The molecule has 0 bridgehead atoms. The van der Waals surface area contributed by atoms with Crippen molar-refractivity contribution in [2.45, 2.75) is 13.3 Å². The molecular formula is C12H13NO4. The quantitative estimate of drug-likeness (QED) is 0.808. The van der Waals surface area contributed by atoms with Gasteiger partial charge < -0.3 is 14.8 Å². The Balaban J connectivity index is 2.16. The molecule has 17 heavy (non-hydrogen) atoms. The maximum absolute atomic E-state index is 11.6. The molecule has 5 heteroatoms. The first-order valence-corrected chi connectivity index (χ1v) is 5.44. The lowest BCUT2D eigenvalue weighted by Crippen LogP contribution is -2.25. The summed E-state index contributed by atoms with van der Waals surface area (Å²) in [4.78, 5) is 22.6. The van der Waals surface area contributed by atoms with E-state index in [9.17, 15) is 9.59 Å². The van der Waals surface area contributed by atoms with Crippen LogP contribution in [0.25, 0.3) is 0 Å². The summed E-state index contributed by atoms with van der Waals surface area (Å²) in [6.45, 7) is 2.30. The van der Waals surface area contributed by atoms with E-state index in [-0.39, 0.29) is 18.5 Å². The SMILES string of the molecule is CCCOC(=O)c1ccc2c(c1)OCC(=O)N2. The van der Waals surface area contributed by atoms with E-state index in [2.05, 4.69) is 5.32 Å². The van der Waals surface area contributed by atoms with Gasteiger partial charge in [-0.1, -0.05) is 6.92 Å². The fraction of sp³-hybridized carbons (Fsp3) is 0.333. The number of hydrogen-bond donors (Lipinski definition) is 1. The summed E-state index contributed by atoms with van der Waals surface area (Å²) in [7, 11) is 0. The molecule has 0 saturated carbocycles. The number of benzene rings is 1. The van der Waals surface area contributed by atoms with E-state index in [1.165, 1.54) is 0 Å². The number of anilines is 1. The number of carbonyl (C=O) groups excluding carboxylic acids is 2. The van der Waals surface area contributed by atoms with E-state index in [0.29, 0.717) is 23.6 Å². The number of amides is 1. The third-order valence-electron chi connectivity index (χ3n) is 2.29. The number of carbonyl (C=O) groups is 2. The minimum atomic E-state index is -0.379. The molecule has 0 unspecified atom stereocenters. The van der Waals surface area contributed by atoms with Crippen molar-refractivity contribution in [2.24, 2.45) is 0 Å². The molecule has 0 spiro atoms. The molecule has 0 radical (unpaired) electrons. The van der Waals surface area contributed by atoms with Gasteiger partial charge in [0.1, 0.15) is 5.75 Å². The molecule has 1 aliphatic heterocycles. The van der Waals surface area contributed by atoms with Crippen molar-refractivity contribution in [1.82, 2.24) is 0 Å². The standard InChI is InChI=1S/C12H13NO4/c1-2-5-16-12(15)8-3-4-9-10(6-8)17-7-11(14)13-9/h3-4,6H,2,5,7H2,1H3,(H,13,14). The van der Waals surface area contributed by atoms with Gasteiger partial charge in [-0.3, -0.25) is 4.79 Å².